The molecule has 1 unspecified atom stereocenters. The molecule has 0 bridgehead atoms. The number of hydrogen-bond donors (Lipinski definition) is 0. The number of nitrogens with zero attached hydrogens (tertiary/aromatic N) is 2. The zero-order valence-corrected chi connectivity index (χ0v) is 26.6. The van der Waals surface area contributed by atoms with E-state index in [1.54, 1.807) is 0 Å². The molecule has 0 aliphatic carbocycles. The fourth-order valence-electron chi connectivity index (χ4n) is 6.46. The van der Waals surface area contributed by atoms with Gasteiger partial charge in [-0.2, -0.15) is 0 Å². The van der Waals surface area contributed by atoms with Gasteiger partial charge in [-0.15, -0.1) is 0 Å². The van der Waals surface area contributed by atoms with Crippen molar-refractivity contribution in [1.82, 2.24) is 9.80 Å². The van der Waals surface area contributed by atoms with Crippen LogP contribution in [0.3, 0.4) is 0 Å². The Kier molecular flexibility index (Phi) is 25.2. The molecule has 0 aromatic rings. The third-order valence-corrected chi connectivity index (χ3v) is 8.89. The first-order valence-electron chi connectivity index (χ1n) is 16.8. The molecule has 0 saturated carbocycles. The second kappa shape index (κ2) is 25.2. The van der Waals surface area contributed by atoms with Crippen molar-refractivity contribution in [2.75, 3.05) is 28.2 Å². The quantitative estimate of drug-likeness (QED) is 0.0969. The molecule has 0 radical (unpaired) electrons. The maximum absolute atomic E-state index is 2.66. The largest absolute Gasteiger partial charge is 0.305 e. The Morgan fingerprint density at radius 1 is 0.417 bits per heavy atom. The van der Waals surface area contributed by atoms with Crippen LogP contribution in [-0.2, 0) is 0 Å². The van der Waals surface area contributed by atoms with E-state index in [1.165, 1.54) is 161 Å². The van der Waals surface area contributed by atoms with Gasteiger partial charge in [-0.3, -0.25) is 0 Å². The van der Waals surface area contributed by atoms with Crippen molar-refractivity contribution < 1.29 is 0 Å². The summed E-state index contributed by atoms with van der Waals surface area (Å²) in [6, 6.07) is 0.674. The van der Waals surface area contributed by atoms with E-state index in [2.05, 4.69) is 58.8 Å². The Hall–Kier alpha value is -0.0800. The van der Waals surface area contributed by atoms with Crippen molar-refractivity contribution in [3.8, 4) is 0 Å². The van der Waals surface area contributed by atoms with Crippen LogP contribution in [0.1, 0.15) is 181 Å². The van der Waals surface area contributed by atoms with Gasteiger partial charge in [0.05, 0.1) is 0 Å². The molecule has 2 heteroatoms. The van der Waals surface area contributed by atoms with Crippen molar-refractivity contribution in [1.29, 1.82) is 0 Å². The summed E-state index contributed by atoms with van der Waals surface area (Å²) < 4.78 is 0. The van der Waals surface area contributed by atoms with Crippen molar-refractivity contribution in [3.63, 3.8) is 0 Å². The molecule has 0 heterocycles. The molecule has 218 valence electrons. The fraction of sp³-hybridized carbons (Fsp3) is 1.00. The molecular formula is C34H72N2. The monoisotopic (exact) mass is 509 g/mol. The van der Waals surface area contributed by atoms with Gasteiger partial charge in [0.1, 0.15) is 0 Å². The van der Waals surface area contributed by atoms with Gasteiger partial charge in [0.25, 0.3) is 0 Å². The van der Waals surface area contributed by atoms with Crippen LogP contribution in [-0.4, -0.2) is 49.6 Å². The molecule has 0 aromatic carbocycles. The molecule has 0 amide bonds. The second-order valence-corrected chi connectivity index (χ2v) is 12.5. The smallest absolute Gasteiger partial charge is 0.0358 e. The van der Waals surface area contributed by atoms with Gasteiger partial charge >= 0.3 is 0 Å². The topological polar surface area (TPSA) is 6.48 Å². The van der Waals surface area contributed by atoms with E-state index in [0.717, 1.165) is 0 Å². The summed E-state index contributed by atoms with van der Waals surface area (Å²) in [5, 5.41) is 0. The zero-order valence-electron chi connectivity index (χ0n) is 26.6. The minimum absolute atomic E-state index is 0.331. The predicted molar refractivity (Wildman–Crippen MR) is 166 cm³/mol. The second-order valence-electron chi connectivity index (χ2n) is 12.5. The average Bonchev–Trinajstić information content (AvgIpc) is 2.85. The maximum Gasteiger partial charge on any atom is 0.0358 e. The first-order chi connectivity index (χ1) is 17.5. The molecule has 0 aliphatic heterocycles. The van der Waals surface area contributed by atoms with Gasteiger partial charge < -0.3 is 9.80 Å². The van der Waals surface area contributed by atoms with Crippen LogP contribution in [0.15, 0.2) is 0 Å². The first-order valence-corrected chi connectivity index (χ1v) is 16.8. The molecule has 1 atom stereocenters. The number of rotatable bonds is 28. The molecule has 0 rings (SSSR count). The Morgan fingerprint density at radius 3 is 1.03 bits per heavy atom. The summed E-state index contributed by atoms with van der Waals surface area (Å²) in [6.07, 6.45) is 35.3. The summed E-state index contributed by atoms with van der Waals surface area (Å²) >= 11 is 0. The summed E-state index contributed by atoms with van der Waals surface area (Å²) in [5.74, 6) is 0. The Morgan fingerprint density at radius 2 is 0.722 bits per heavy atom. The van der Waals surface area contributed by atoms with Gasteiger partial charge in [-0.25, -0.2) is 0 Å². The average molecular weight is 509 g/mol. The molecule has 0 spiro atoms. The molecule has 0 aromatic heterocycles. The summed E-state index contributed by atoms with van der Waals surface area (Å²) in [4.78, 5) is 5.26. The van der Waals surface area contributed by atoms with Gasteiger partial charge in [0.15, 0.2) is 0 Å². The normalized spacial score (nSPS) is 13.2. The van der Waals surface area contributed by atoms with Crippen LogP contribution < -0.4 is 0 Å². The molecule has 2 nitrogen and oxygen atoms in total. The van der Waals surface area contributed by atoms with E-state index in [0.29, 0.717) is 11.6 Å². The Balaban J connectivity index is 4.99. The molecular weight excluding hydrogens is 436 g/mol. The highest BCUT2D eigenvalue weighted by Gasteiger charge is 2.40. The molecule has 0 aliphatic rings. The minimum atomic E-state index is 0.331. The maximum atomic E-state index is 2.66. The molecule has 0 saturated heterocycles. The van der Waals surface area contributed by atoms with E-state index in [9.17, 15) is 0 Å². The highest BCUT2D eigenvalue weighted by atomic mass is 15.2. The van der Waals surface area contributed by atoms with E-state index in [-0.39, 0.29) is 0 Å². The highest BCUT2D eigenvalue weighted by molar-refractivity contribution is 4.98. The Bertz CT molecular complexity index is 411. The summed E-state index contributed by atoms with van der Waals surface area (Å²) in [6.45, 7) is 6.96. The fourth-order valence-corrected chi connectivity index (χ4v) is 6.46. The van der Waals surface area contributed by atoms with Crippen LogP contribution in [0.4, 0.5) is 0 Å². The lowest BCUT2D eigenvalue weighted by Crippen LogP contribution is -2.58. The van der Waals surface area contributed by atoms with Crippen LogP contribution in [0.5, 0.6) is 0 Å². The Labute approximate surface area is 230 Å². The summed E-state index contributed by atoms with van der Waals surface area (Å²) in [5.41, 5.74) is 0.331. The van der Waals surface area contributed by atoms with Gasteiger partial charge in [-0.1, -0.05) is 162 Å². The number of hydrogen-bond acceptors (Lipinski definition) is 2. The van der Waals surface area contributed by atoms with Gasteiger partial charge in [0, 0.05) is 11.6 Å². The zero-order chi connectivity index (χ0) is 26.9. The SMILES string of the molecule is CCCCCCCCCCC(CCCCCCCCCC)(C(CCCCCCCC)N(C)C)N(C)C. The first kappa shape index (κ1) is 35.9. The predicted octanol–water partition coefficient (Wildman–Crippen LogP) is 11.0. The van der Waals surface area contributed by atoms with Crippen LogP contribution in [0, 0.1) is 0 Å². The molecule has 36 heavy (non-hydrogen) atoms. The van der Waals surface area contributed by atoms with Crippen molar-refractivity contribution in [2.45, 2.75) is 193 Å². The van der Waals surface area contributed by atoms with E-state index < -0.39 is 0 Å². The molecule has 0 fully saturated rings. The third kappa shape index (κ3) is 17.4. The highest BCUT2D eigenvalue weighted by Crippen LogP contribution is 2.36. The van der Waals surface area contributed by atoms with E-state index >= 15 is 0 Å². The van der Waals surface area contributed by atoms with E-state index in [1.807, 2.05) is 0 Å². The lowest BCUT2D eigenvalue weighted by molar-refractivity contribution is 0.0218. The lowest BCUT2D eigenvalue weighted by Gasteiger charge is -2.49. The summed E-state index contributed by atoms with van der Waals surface area (Å²) in [7, 11) is 9.52. The standard InChI is InChI=1S/C34H72N2/c1-8-11-14-17-20-22-25-28-31-34(36(6)7,32-29-26-23-21-18-15-12-9-2)33(35(4)5)30-27-24-19-16-13-10-3/h33H,8-32H2,1-7H3. The molecule has 0 N–H and O–H groups in total. The van der Waals surface area contributed by atoms with E-state index in [4.69, 9.17) is 0 Å². The van der Waals surface area contributed by atoms with Crippen molar-refractivity contribution in [2.24, 2.45) is 0 Å². The van der Waals surface area contributed by atoms with Crippen LogP contribution in [0.2, 0.25) is 0 Å². The third-order valence-electron chi connectivity index (χ3n) is 8.89. The van der Waals surface area contributed by atoms with Crippen molar-refractivity contribution >= 4 is 0 Å². The van der Waals surface area contributed by atoms with Crippen LogP contribution >= 0.6 is 0 Å². The number of likely N-dealkylation sites (N-methyl/N-ethyl adjacent to an activating group) is 2. The van der Waals surface area contributed by atoms with Gasteiger partial charge in [-0.05, 0) is 47.5 Å². The lowest BCUT2D eigenvalue weighted by atomic mass is 9.76. The van der Waals surface area contributed by atoms with Crippen molar-refractivity contribution in [3.05, 3.63) is 0 Å². The van der Waals surface area contributed by atoms with Crippen LogP contribution in [0.25, 0.3) is 0 Å². The minimum Gasteiger partial charge on any atom is -0.305 e. The number of unbranched alkanes of at least 4 members (excludes halogenated alkanes) is 19. The van der Waals surface area contributed by atoms with Gasteiger partial charge in [0.2, 0.25) is 0 Å².